The van der Waals surface area contributed by atoms with Crippen molar-refractivity contribution in [3.05, 3.63) is 48.3 Å². The lowest BCUT2D eigenvalue weighted by Crippen LogP contribution is -2.46. The Morgan fingerprint density at radius 1 is 1.20 bits per heavy atom. The number of hydrogen-bond donors (Lipinski definition) is 1. The summed E-state index contributed by atoms with van der Waals surface area (Å²) in [7, 11) is 4.21. The second-order valence-electron chi connectivity index (χ2n) is 5.94. The molecule has 0 aliphatic rings. The van der Waals surface area contributed by atoms with Gasteiger partial charge in [0.05, 0.1) is 11.9 Å². The first kappa shape index (κ1) is 14.8. The van der Waals surface area contributed by atoms with Crippen molar-refractivity contribution in [2.75, 3.05) is 20.6 Å². The van der Waals surface area contributed by atoms with Crippen molar-refractivity contribution in [1.82, 2.24) is 20.0 Å². The van der Waals surface area contributed by atoms with E-state index >= 15 is 0 Å². The fourth-order valence-electron chi connectivity index (χ4n) is 1.84. The van der Waals surface area contributed by atoms with E-state index in [0.717, 1.165) is 18.8 Å². The SMILES string of the molecule is CN(C)C(C)(C)CNCc1cnn(-c2ccccc2)c1. The highest BCUT2D eigenvalue weighted by molar-refractivity contribution is 5.30. The second kappa shape index (κ2) is 6.20. The van der Waals surface area contributed by atoms with Crippen LogP contribution in [0.2, 0.25) is 0 Å². The Balaban J connectivity index is 1.91. The zero-order valence-corrected chi connectivity index (χ0v) is 12.8. The van der Waals surface area contributed by atoms with Crippen molar-refractivity contribution in [2.45, 2.75) is 25.9 Å². The number of nitrogens with one attached hydrogen (secondary N) is 1. The topological polar surface area (TPSA) is 33.1 Å². The van der Waals surface area contributed by atoms with Gasteiger partial charge >= 0.3 is 0 Å². The number of para-hydroxylation sites is 1. The molecule has 0 saturated carbocycles. The molecule has 1 aromatic carbocycles. The van der Waals surface area contributed by atoms with Crippen molar-refractivity contribution in [1.29, 1.82) is 0 Å². The van der Waals surface area contributed by atoms with E-state index in [1.54, 1.807) is 0 Å². The molecule has 4 heteroatoms. The molecule has 20 heavy (non-hydrogen) atoms. The van der Waals surface area contributed by atoms with Gasteiger partial charge < -0.3 is 10.2 Å². The maximum absolute atomic E-state index is 4.40. The molecule has 2 rings (SSSR count). The third-order valence-electron chi connectivity index (χ3n) is 3.75. The van der Waals surface area contributed by atoms with E-state index in [2.05, 4.69) is 61.6 Å². The Kier molecular flexibility index (Phi) is 4.57. The molecule has 0 aliphatic heterocycles. The lowest BCUT2D eigenvalue weighted by atomic mass is 10.0. The van der Waals surface area contributed by atoms with E-state index in [-0.39, 0.29) is 5.54 Å². The van der Waals surface area contributed by atoms with Gasteiger partial charge in [0.25, 0.3) is 0 Å². The van der Waals surface area contributed by atoms with E-state index in [1.165, 1.54) is 5.56 Å². The number of likely N-dealkylation sites (N-methyl/N-ethyl adjacent to an activating group) is 1. The molecule has 4 nitrogen and oxygen atoms in total. The standard InChI is InChI=1S/C16H24N4/c1-16(2,19(3)4)13-17-10-14-11-18-20(12-14)15-8-6-5-7-9-15/h5-9,11-12,17H,10,13H2,1-4H3. The maximum Gasteiger partial charge on any atom is 0.0645 e. The molecule has 0 fully saturated rings. The van der Waals surface area contributed by atoms with Gasteiger partial charge in [-0.05, 0) is 40.1 Å². The minimum Gasteiger partial charge on any atom is -0.311 e. The molecule has 0 saturated heterocycles. The predicted molar refractivity (Wildman–Crippen MR) is 83.0 cm³/mol. The molecular formula is C16H24N4. The molecule has 1 N–H and O–H groups in total. The molecular weight excluding hydrogens is 248 g/mol. The van der Waals surface area contributed by atoms with Crippen LogP contribution in [0.1, 0.15) is 19.4 Å². The summed E-state index contributed by atoms with van der Waals surface area (Å²) in [5.41, 5.74) is 2.44. The quantitative estimate of drug-likeness (QED) is 0.876. The van der Waals surface area contributed by atoms with Crippen molar-refractivity contribution in [3.63, 3.8) is 0 Å². The molecule has 0 radical (unpaired) electrons. The monoisotopic (exact) mass is 272 g/mol. The first-order valence-corrected chi connectivity index (χ1v) is 6.96. The van der Waals surface area contributed by atoms with Gasteiger partial charge in [-0.1, -0.05) is 18.2 Å². The van der Waals surface area contributed by atoms with Crippen LogP contribution in [-0.2, 0) is 6.54 Å². The highest BCUT2D eigenvalue weighted by atomic mass is 15.3. The van der Waals surface area contributed by atoms with Gasteiger partial charge in [-0.2, -0.15) is 5.10 Å². The second-order valence-corrected chi connectivity index (χ2v) is 5.94. The van der Waals surface area contributed by atoms with E-state index in [9.17, 15) is 0 Å². The fourth-order valence-corrected chi connectivity index (χ4v) is 1.84. The summed E-state index contributed by atoms with van der Waals surface area (Å²) in [5.74, 6) is 0. The largest absolute Gasteiger partial charge is 0.311 e. The molecule has 0 unspecified atom stereocenters. The Hall–Kier alpha value is -1.65. The van der Waals surface area contributed by atoms with Gasteiger partial charge in [0.15, 0.2) is 0 Å². The van der Waals surface area contributed by atoms with E-state index in [4.69, 9.17) is 0 Å². The number of hydrogen-bond acceptors (Lipinski definition) is 3. The molecule has 0 atom stereocenters. The van der Waals surface area contributed by atoms with Crippen molar-refractivity contribution in [2.24, 2.45) is 0 Å². The number of aromatic nitrogens is 2. The number of nitrogens with zero attached hydrogens (tertiary/aromatic N) is 3. The summed E-state index contributed by atoms with van der Waals surface area (Å²) in [4.78, 5) is 2.23. The van der Waals surface area contributed by atoms with Gasteiger partial charge in [0.1, 0.15) is 0 Å². The van der Waals surface area contributed by atoms with Crippen LogP contribution in [0.5, 0.6) is 0 Å². The van der Waals surface area contributed by atoms with Gasteiger partial charge in [-0.3, -0.25) is 0 Å². The zero-order chi connectivity index (χ0) is 14.6. The molecule has 0 spiro atoms. The third-order valence-corrected chi connectivity index (χ3v) is 3.75. The predicted octanol–water partition coefficient (Wildman–Crippen LogP) is 2.30. The van der Waals surface area contributed by atoms with Gasteiger partial charge in [0.2, 0.25) is 0 Å². The molecule has 1 aromatic heterocycles. The summed E-state index contributed by atoms with van der Waals surface area (Å²) in [6.45, 7) is 6.24. The van der Waals surface area contributed by atoms with Crippen LogP contribution < -0.4 is 5.32 Å². The highest BCUT2D eigenvalue weighted by Crippen LogP contribution is 2.10. The Morgan fingerprint density at radius 3 is 2.55 bits per heavy atom. The molecule has 0 aliphatic carbocycles. The zero-order valence-electron chi connectivity index (χ0n) is 12.8. The van der Waals surface area contributed by atoms with Crippen molar-refractivity contribution < 1.29 is 0 Å². The molecule has 0 amide bonds. The number of rotatable bonds is 6. The van der Waals surface area contributed by atoms with Crippen LogP contribution in [0.25, 0.3) is 5.69 Å². The molecule has 108 valence electrons. The van der Waals surface area contributed by atoms with E-state index in [0.29, 0.717) is 0 Å². The minimum atomic E-state index is 0.148. The average molecular weight is 272 g/mol. The number of benzene rings is 1. The smallest absolute Gasteiger partial charge is 0.0645 e. The normalized spacial score (nSPS) is 12.1. The first-order valence-electron chi connectivity index (χ1n) is 6.96. The van der Waals surface area contributed by atoms with Crippen LogP contribution in [0, 0.1) is 0 Å². The fraction of sp³-hybridized carbons (Fsp3) is 0.438. The summed E-state index contributed by atoms with van der Waals surface area (Å²) < 4.78 is 1.91. The molecule has 0 bridgehead atoms. The summed E-state index contributed by atoms with van der Waals surface area (Å²) in [5, 5.41) is 7.90. The van der Waals surface area contributed by atoms with Crippen LogP contribution in [-0.4, -0.2) is 40.9 Å². The Morgan fingerprint density at radius 2 is 1.90 bits per heavy atom. The maximum atomic E-state index is 4.40. The van der Waals surface area contributed by atoms with Crippen LogP contribution in [0.3, 0.4) is 0 Å². The van der Waals surface area contributed by atoms with Crippen molar-refractivity contribution in [3.8, 4) is 5.69 Å². The first-order chi connectivity index (χ1) is 9.49. The van der Waals surface area contributed by atoms with E-state index in [1.807, 2.05) is 29.1 Å². The van der Waals surface area contributed by atoms with Crippen LogP contribution in [0.15, 0.2) is 42.7 Å². The Labute approximate surface area is 121 Å². The van der Waals surface area contributed by atoms with E-state index < -0.39 is 0 Å². The summed E-state index contributed by atoms with van der Waals surface area (Å²) >= 11 is 0. The molecule has 1 heterocycles. The van der Waals surface area contributed by atoms with Gasteiger partial charge in [-0.25, -0.2) is 4.68 Å². The molecule has 2 aromatic rings. The summed E-state index contributed by atoms with van der Waals surface area (Å²) in [6.07, 6.45) is 3.99. The Bertz CT molecular complexity index is 528. The third kappa shape index (κ3) is 3.68. The van der Waals surface area contributed by atoms with Crippen LogP contribution >= 0.6 is 0 Å². The minimum absolute atomic E-state index is 0.148. The average Bonchev–Trinajstić information content (AvgIpc) is 2.88. The highest BCUT2D eigenvalue weighted by Gasteiger charge is 2.19. The van der Waals surface area contributed by atoms with Crippen LogP contribution in [0.4, 0.5) is 0 Å². The van der Waals surface area contributed by atoms with Gasteiger partial charge in [0, 0.05) is 30.4 Å². The van der Waals surface area contributed by atoms with Crippen molar-refractivity contribution >= 4 is 0 Å². The van der Waals surface area contributed by atoms with Gasteiger partial charge in [-0.15, -0.1) is 0 Å². The summed E-state index contributed by atoms with van der Waals surface area (Å²) in [6, 6.07) is 10.2. The lowest BCUT2D eigenvalue weighted by Gasteiger charge is -2.32. The lowest BCUT2D eigenvalue weighted by molar-refractivity contribution is 0.190.